The van der Waals surface area contributed by atoms with E-state index in [1.807, 2.05) is 4.40 Å². The summed E-state index contributed by atoms with van der Waals surface area (Å²) in [5, 5.41) is 19.3. The van der Waals surface area contributed by atoms with E-state index in [1.54, 1.807) is 30.1 Å². The number of aromatic nitrogens is 5. The zero-order valence-electron chi connectivity index (χ0n) is 14.7. The molecular weight excluding hydrogens is 405 g/mol. The summed E-state index contributed by atoms with van der Waals surface area (Å²) in [5.74, 6) is -0.156. The summed E-state index contributed by atoms with van der Waals surface area (Å²) in [6.07, 6.45) is 6.32. The van der Waals surface area contributed by atoms with E-state index in [1.165, 1.54) is 23.9 Å². The molecule has 0 radical (unpaired) electrons. The number of ether oxygens (including phenoxy) is 1. The van der Waals surface area contributed by atoms with E-state index >= 15 is 0 Å². The van der Waals surface area contributed by atoms with Gasteiger partial charge >= 0.3 is 0 Å². The Kier molecular flexibility index (Phi) is 4.11. The molecule has 1 atom stereocenters. The zero-order valence-corrected chi connectivity index (χ0v) is 16.3. The van der Waals surface area contributed by atoms with E-state index in [4.69, 9.17) is 16.3 Å². The molecule has 1 unspecified atom stereocenters. The van der Waals surface area contributed by atoms with Gasteiger partial charge in [0, 0.05) is 10.9 Å². The Bertz CT molecular complexity index is 1160. The van der Waals surface area contributed by atoms with Crippen molar-refractivity contribution in [2.75, 3.05) is 7.11 Å². The van der Waals surface area contributed by atoms with Crippen molar-refractivity contribution in [1.82, 2.24) is 24.4 Å². The van der Waals surface area contributed by atoms with Gasteiger partial charge < -0.3 is 9.84 Å². The van der Waals surface area contributed by atoms with Gasteiger partial charge in [0.1, 0.15) is 23.0 Å². The lowest BCUT2D eigenvalue weighted by Gasteiger charge is -2.09. The number of rotatable bonds is 5. The van der Waals surface area contributed by atoms with Gasteiger partial charge in [-0.15, -0.1) is 16.4 Å². The summed E-state index contributed by atoms with van der Waals surface area (Å²) in [7, 11) is 1.35. The fraction of sp³-hybridized carbons (Fsp3) is 0.278. The van der Waals surface area contributed by atoms with E-state index in [9.17, 15) is 9.50 Å². The highest BCUT2D eigenvalue weighted by atomic mass is 35.5. The fourth-order valence-electron chi connectivity index (χ4n) is 3.27. The van der Waals surface area contributed by atoms with Crippen molar-refractivity contribution in [3.05, 3.63) is 58.0 Å². The van der Waals surface area contributed by atoms with E-state index in [0.717, 1.165) is 28.2 Å². The molecule has 10 heteroatoms. The predicted molar refractivity (Wildman–Crippen MR) is 102 cm³/mol. The summed E-state index contributed by atoms with van der Waals surface area (Å²) in [6, 6.07) is 2.78. The number of benzene rings is 1. The summed E-state index contributed by atoms with van der Waals surface area (Å²) in [5.41, 5.74) is 1.52. The van der Waals surface area contributed by atoms with Gasteiger partial charge in [-0.05, 0) is 24.8 Å². The van der Waals surface area contributed by atoms with Gasteiger partial charge in [-0.3, -0.25) is 4.40 Å². The van der Waals surface area contributed by atoms with E-state index in [-0.39, 0.29) is 10.8 Å². The average molecular weight is 420 g/mol. The first kappa shape index (κ1) is 17.6. The van der Waals surface area contributed by atoms with Gasteiger partial charge in [-0.1, -0.05) is 16.8 Å². The Morgan fingerprint density at radius 2 is 2.21 bits per heavy atom. The molecule has 1 saturated carbocycles. The van der Waals surface area contributed by atoms with Gasteiger partial charge in [0.25, 0.3) is 0 Å². The number of hydrogen-bond acceptors (Lipinski definition) is 6. The molecule has 1 aromatic carbocycles. The number of aliphatic hydroxyl groups is 1. The van der Waals surface area contributed by atoms with Crippen molar-refractivity contribution in [2.24, 2.45) is 0 Å². The molecule has 144 valence electrons. The van der Waals surface area contributed by atoms with Crippen molar-refractivity contribution >= 4 is 27.8 Å². The van der Waals surface area contributed by atoms with Crippen LogP contribution in [0.1, 0.15) is 41.1 Å². The molecule has 1 aliphatic rings. The second-order valence-corrected chi connectivity index (χ2v) is 8.13. The van der Waals surface area contributed by atoms with Crippen molar-refractivity contribution < 1.29 is 14.2 Å². The molecule has 4 aromatic rings. The first-order chi connectivity index (χ1) is 13.6. The average Bonchev–Trinajstić information content (AvgIpc) is 3.08. The van der Waals surface area contributed by atoms with Crippen molar-refractivity contribution in [3.63, 3.8) is 0 Å². The van der Waals surface area contributed by atoms with E-state index < -0.39 is 11.9 Å². The number of fused-ring (bicyclic) bond motifs is 1. The van der Waals surface area contributed by atoms with Gasteiger partial charge in [-0.25, -0.2) is 14.1 Å². The highest BCUT2D eigenvalue weighted by Gasteiger charge is 2.33. The van der Waals surface area contributed by atoms with Crippen LogP contribution in [-0.2, 0) is 0 Å². The second-order valence-electron chi connectivity index (χ2n) is 6.66. The van der Waals surface area contributed by atoms with Gasteiger partial charge in [0.05, 0.1) is 35.9 Å². The fourth-order valence-corrected chi connectivity index (χ4v) is 4.85. The number of imidazole rings is 1. The van der Waals surface area contributed by atoms with Crippen LogP contribution in [0.5, 0.6) is 5.75 Å². The molecule has 1 fully saturated rings. The minimum atomic E-state index is -0.967. The highest BCUT2D eigenvalue weighted by Crippen LogP contribution is 2.47. The maximum absolute atomic E-state index is 14.1. The third-order valence-corrected chi connectivity index (χ3v) is 6.34. The van der Waals surface area contributed by atoms with Crippen LogP contribution in [0.15, 0.2) is 30.9 Å². The standard InChI is InChI=1S/C18H15ClFN5O2S/c1-27-17-11(19)4-10(5-12(17)20)25-7-13(22-23-25)16(26)15-18(9-2-3-9)28-14-6-21-8-24(14)15/h4-9,16,26H,2-3H2,1H3. The third-order valence-electron chi connectivity index (χ3n) is 4.78. The van der Waals surface area contributed by atoms with Crippen LogP contribution < -0.4 is 4.74 Å². The lowest BCUT2D eigenvalue weighted by Crippen LogP contribution is -2.06. The SMILES string of the molecule is COc1c(F)cc(-n2cc(C(O)c3c(C4CC4)sc4cncn34)nn2)cc1Cl. The van der Waals surface area contributed by atoms with Crippen LogP contribution in [0.3, 0.4) is 0 Å². The molecule has 28 heavy (non-hydrogen) atoms. The van der Waals surface area contributed by atoms with Crippen LogP contribution in [0.4, 0.5) is 4.39 Å². The molecule has 3 aromatic heterocycles. The van der Waals surface area contributed by atoms with Gasteiger partial charge in [0.15, 0.2) is 11.6 Å². The normalized spacial score (nSPS) is 15.3. The summed E-state index contributed by atoms with van der Waals surface area (Å²) < 4.78 is 22.3. The number of hydrogen-bond donors (Lipinski definition) is 1. The molecule has 0 saturated heterocycles. The minimum absolute atomic E-state index is 0.0272. The first-order valence-electron chi connectivity index (χ1n) is 8.65. The largest absolute Gasteiger partial charge is 0.492 e. The van der Waals surface area contributed by atoms with Crippen LogP contribution in [0.25, 0.3) is 10.5 Å². The van der Waals surface area contributed by atoms with Gasteiger partial charge in [0.2, 0.25) is 0 Å². The maximum atomic E-state index is 14.1. The highest BCUT2D eigenvalue weighted by molar-refractivity contribution is 7.17. The Morgan fingerprint density at radius 1 is 1.39 bits per heavy atom. The molecule has 1 N–H and O–H groups in total. The molecule has 0 aliphatic heterocycles. The van der Waals surface area contributed by atoms with Gasteiger partial charge in [-0.2, -0.15) is 0 Å². The van der Waals surface area contributed by atoms with Crippen molar-refractivity contribution in [2.45, 2.75) is 24.9 Å². The summed E-state index contributed by atoms with van der Waals surface area (Å²) in [6.45, 7) is 0. The van der Waals surface area contributed by atoms with Crippen molar-refractivity contribution in [1.29, 1.82) is 0 Å². The van der Waals surface area contributed by atoms with Crippen LogP contribution in [0, 0.1) is 5.82 Å². The minimum Gasteiger partial charge on any atom is -0.492 e. The Balaban J connectivity index is 1.53. The Labute approximate surface area is 168 Å². The number of aliphatic hydroxyl groups excluding tert-OH is 1. The Morgan fingerprint density at radius 3 is 2.93 bits per heavy atom. The topological polar surface area (TPSA) is 77.5 Å². The number of nitrogens with zero attached hydrogens (tertiary/aromatic N) is 5. The monoisotopic (exact) mass is 419 g/mol. The summed E-state index contributed by atoms with van der Waals surface area (Å²) in [4.78, 5) is 6.29. The van der Waals surface area contributed by atoms with E-state index in [0.29, 0.717) is 17.3 Å². The number of methoxy groups -OCH3 is 1. The lowest BCUT2D eigenvalue weighted by molar-refractivity contribution is 0.208. The number of halogens is 2. The quantitative estimate of drug-likeness (QED) is 0.533. The molecule has 0 amide bonds. The Hall–Kier alpha value is -2.49. The molecular formula is C18H15ClFN5O2S. The van der Waals surface area contributed by atoms with Crippen molar-refractivity contribution in [3.8, 4) is 11.4 Å². The predicted octanol–water partition coefficient (Wildman–Crippen LogP) is 3.74. The maximum Gasteiger partial charge on any atom is 0.173 e. The first-order valence-corrected chi connectivity index (χ1v) is 9.84. The molecule has 5 rings (SSSR count). The molecule has 3 heterocycles. The lowest BCUT2D eigenvalue weighted by atomic mass is 10.1. The molecule has 7 nitrogen and oxygen atoms in total. The number of thiazole rings is 1. The summed E-state index contributed by atoms with van der Waals surface area (Å²) >= 11 is 7.71. The third kappa shape index (κ3) is 2.78. The van der Waals surface area contributed by atoms with Crippen LogP contribution in [-0.4, -0.2) is 36.6 Å². The van der Waals surface area contributed by atoms with E-state index in [2.05, 4.69) is 15.3 Å². The zero-order chi connectivity index (χ0) is 19.4. The van der Waals surface area contributed by atoms with Crippen LogP contribution >= 0.6 is 22.9 Å². The molecule has 1 aliphatic carbocycles. The second kappa shape index (κ2) is 6.54. The smallest absolute Gasteiger partial charge is 0.173 e. The molecule has 0 bridgehead atoms. The molecule has 0 spiro atoms. The van der Waals surface area contributed by atoms with Crippen LogP contribution in [0.2, 0.25) is 5.02 Å².